The number of rotatable bonds is 8. The van der Waals surface area contributed by atoms with E-state index in [9.17, 15) is 19.2 Å². The van der Waals surface area contributed by atoms with Gasteiger partial charge in [-0.05, 0) is 31.9 Å². The summed E-state index contributed by atoms with van der Waals surface area (Å²) in [7, 11) is 3.45. The number of hydrogen-bond donors (Lipinski definition) is 3. The molecule has 0 unspecified atom stereocenters. The van der Waals surface area contributed by atoms with Crippen LogP contribution in [0.3, 0.4) is 0 Å². The number of aryl methyl sites for hydroxylation is 1. The van der Waals surface area contributed by atoms with Crippen LogP contribution in [0.15, 0.2) is 40.1 Å². The van der Waals surface area contributed by atoms with Gasteiger partial charge in [-0.3, -0.25) is 24.1 Å². The maximum absolute atomic E-state index is 13.5. The van der Waals surface area contributed by atoms with Gasteiger partial charge in [-0.25, -0.2) is 9.97 Å². The summed E-state index contributed by atoms with van der Waals surface area (Å²) in [5.41, 5.74) is 1.31. The molecule has 0 aliphatic carbocycles. The molecule has 0 fully saturated rings. The third kappa shape index (κ3) is 10.2. The molecule has 3 heterocycles. The lowest BCUT2D eigenvalue weighted by Crippen LogP contribution is -2.44. The van der Waals surface area contributed by atoms with Crippen LogP contribution in [0.2, 0.25) is 0 Å². The molecule has 0 radical (unpaired) electrons. The molecule has 2 aromatic heterocycles. The van der Waals surface area contributed by atoms with Crippen molar-refractivity contribution in [3.63, 3.8) is 0 Å². The monoisotopic (exact) mass is 667 g/mol. The largest absolute Gasteiger partial charge is 0.443 e. The van der Waals surface area contributed by atoms with Gasteiger partial charge in [0.05, 0.1) is 19.2 Å². The van der Waals surface area contributed by atoms with E-state index < -0.39 is 18.0 Å². The fourth-order valence-electron chi connectivity index (χ4n) is 5.19. The Morgan fingerprint density at radius 3 is 2.62 bits per heavy atom. The Morgan fingerprint density at radius 2 is 1.89 bits per heavy atom. The normalized spacial score (nSPS) is 18.5. The van der Waals surface area contributed by atoms with E-state index in [1.807, 2.05) is 56.1 Å². The number of carbonyl (C=O) groups excluding carboxylic acids is 4. The summed E-state index contributed by atoms with van der Waals surface area (Å²) < 4.78 is 11.1. The number of amides is 4. The van der Waals surface area contributed by atoms with Crippen molar-refractivity contribution in [3.05, 3.63) is 69.3 Å². The van der Waals surface area contributed by atoms with Crippen LogP contribution in [0.1, 0.15) is 82.0 Å². The molecular formula is C33H45N7O6S. The molecule has 4 amide bonds. The molecule has 1 aliphatic rings. The molecule has 0 spiro atoms. The van der Waals surface area contributed by atoms with Crippen molar-refractivity contribution in [2.24, 2.45) is 5.92 Å². The maximum atomic E-state index is 13.5. The van der Waals surface area contributed by atoms with Crippen molar-refractivity contribution >= 4 is 35.0 Å². The summed E-state index contributed by atoms with van der Waals surface area (Å²) in [6.07, 6.45) is 0.948. The van der Waals surface area contributed by atoms with E-state index >= 15 is 0 Å². The number of likely N-dealkylation sites (N-methyl/N-ethyl adjacent to an activating group) is 1. The molecule has 13 nitrogen and oxygen atoms in total. The quantitative estimate of drug-likeness (QED) is 0.328. The summed E-state index contributed by atoms with van der Waals surface area (Å²) in [5.74, 6) is -0.658. The zero-order valence-corrected chi connectivity index (χ0v) is 28.5. The summed E-state index contributed by atoms with van der Waals surface area (Å²) in [6.45, 7) is 7.62. The highest BCUT2D eigenvalue weighted by Gasteiger charge is 2.29. The fourth-order valence-corrected chi connectivity index (χ4v) is 6.22. The van der Waals surface area contributed by atoms with Crippen LogP contribution in [0.4, 0.5) is 0 Å². The second-order valence-electron chi connectivity index (χ2n) is 12.0. The Labute approximate surface area is 279 Å². The van der Waals surface area contributed by atoms with E-state index in [2.05, 4.69) is 25.9 Å². The number of fused-ring (bicyclic) bond motifs is 4. The maximum Gasteiger partial charge on any atom is 0.274 e. The molecule has 4 bridgehead atoms. The van der Waals surface area contributed by atoms with Gasteiger partial charge in [-0.1, -0.05) is 44.2 Å². The lowest BCUT2D eigenvalue weighted by atomic mass is 10.0. The Morgan fingerprint density at radius 1 is 1.13 bits per heavy atom. The van der Waals surface area contributed by atoms with E-state index in [4.69, 9.17) is 9.15 Å². The molecule has 3 N–H and O–H groups in total. The van der Waals surface area contributed by atoms with E-state index in [0.717, 1.165) is 5.56 Å². The van der Waals surface area contributed by atoms with Crippen molar-refractivity contribution in [2.45, 2.75) is 52.1 Å². The molecule has 1 aromatic carbocycles. The highest BCUT2D eigenvalue weighted by molar-refractivity contribution is 7.09. The van der Waals surface area contributed by atoms with Gasteiger partial charge < -0.3 is 30.0 Å². The first kappa shape index (κ1) is 35.7. The van der Waals surface area contributed by atoms with E-state index in [1.54, 1.807) is 24.3 Å². The van der Waals surface area contributed by atoms with Gasteiger partial charge in [0.1, 0.15) is 22.5 Å². The van der Waals surface area contributed by atoms with Gasteiger partial charge in [0.2, 0.25) is 17.7 Å². The molecule has 14 heteroatoms. The summed E-state index contributed by atoms with van der Waals surface area (Å²) >= 11 is 1.29. The average molecular weight is 668 g/mol. The molecule has 1 aliphatic heterocycles. The van der Waals surface area contributed by atoms with Crippen molar-refractivity contribution in [3.8, 4) is 0 Å². The zero-order chi connectivity index (χ0) is 33.9. The molecule has 47 heavy (non-hydrogen) atoms. The van der Waals surface area contributed by atoms with E-state index in [0.29, 0.717) is 43.3 Å². The van der Waals surface area contributed by atoms with Gasteiger partial charge in [0, 0.05) is 51.5 Å². The second-order valence-corrected chi connectivity index (χ2v) is 12.9. The fraction of sp³-hybridized carbons (Fsp3) is 0.515. The first-order chi connectivity index (χ1) is 22.5. The number of nitrogens with zero attached hydrogens (tertiary/aromatic N) is 4. The number of ether oxygens (including phenoxy) is 1. The van der Waals surface area contributed by atoms with Crippen molar-refractivity contribution < 1.29 is 28.3 Å². The minimum absolute atomic E-state index is 0.0442. The predicted molar refractivity (Wildman–Crippen MR) is 177 cm³/mol. The average Bonchev–Trinajstić information content (AvgIpc) is 3.68. The van der Waals surface area contributed by atoms with Crippen LogP contribution in [-0.4, -0.2) is 96.9 Å². The number of benzene rings is 1. The van der Waals surface area contributed by atoms with E-state index in [1.165, 1.54) is 11.3 Å². The second kappa shape index (κ2) is 17.1. The summed E-state index contributed by atoms with van der Waals surface area (Å²) in [5, 5.41) is 11.2. The van der Waals surface area contributed by atoms with Crippen molar-refractivity contribution in [2.75, 3.05) is 53.5 Å². The number of methoxy groups -OCH3 is 1. The molecule has 2 atom stereocenters. The molecule has 0 saturated carbocycles. The molecule has 0 saturated heterocycles. The van der Waals surface area contributed by atoms with Crippen LogP contribution < -0.4 is 16.0 Å². The van der Waals surface area contributed by atoms with Crippen LogP contribution in [0.5, 0.6) is 0 Å². The lowest BCUT2D eigenvalue weighted by molar-refractivity contribution is -0.132. The number of carbonyl (C=O) groups is 4. The van der Waals surface area contributed by atoms with Crippen LogP contribution >= 0.6 is 11.3 Å². The summed E-state index contributed by atoms with van der Waals surface area (Å²) in [6, 6.07) is 8.54. The molecule has 3 aromatic rings. The lowest BCUT2D eigenvalue weighted by Gasteiger charge is -2.26. The smallest absolute Gasteiger partial charge is 0.274 e. The number of aromatic nitrogens is 2. The van der Waals surface area contributed by atoms with Gasteiger partial charge in [0.15, 0.2) is 5.69 Å². The van der Waals surface area contributed by atoms with Crippen LogP contribution in [-0.2, 0) is 20.7 Å². The minimum atomic E-state index is -0.624. The van der Waals surface area contributed by atoms with Crippen molar-refractivity contribution in [1.29, 1.82) is 0 Å². The topological polar surface area (TPSA) is 159 Å². The van der Waals surface area contributed by atoms with Gasteiger partial charge in [-0.15, -0.1) is 11.3 Å². The Hall–Kier alpha value is -4.14. The molecular weight excluding hydrogens is 622 g/mol. The standard InChI is InChI=1S/C33H45N7O6S/c1-21(2)28-33-36-25(20-47-33)30(43)34-13-15-40(27(42)19-39(4)16-17-45-5)14-9-12-26(41)35-24(18-23-10-7-6-8-11-23)32-38-29(22(3)46-32)31(44)37-28/h6-8,10-11,20-21,24,28H,9,12-19H2,1-5H3,(H,34,43)(H,35,41)(H,37,44)/t24-,28-/m0/s1. The van der Waals surface area contributed by atoms with Gasteiger partial charge in [0.25, 0.3) is 11.8 Å². The predicted octanol–water partition coefficient (Wildman–Crippen LogP) is 2.90. The Balaban J connectivity index is 1.62. The number of thiazole rings is 1. The van der Waals surface area contributed by atoms with Crippen molar-refractivity contribution in [1.82, 2.24) is 35.7 Å². The Bertz CT molecular complexity index is 1510. The highest BCUT2D eigenvalue weighted by Crippen LogP contribution is 2.27. The van der Waals surface area contributed by atoms with E-state index in [-0.39, 0.29) is 67.0 Å². The third-order valence-corrected chi connectivity index (χ3v) is 8.78. The van der Waals surface area contributed by atoms with Gasteiger partial charge in [-0.2, -0.15) is 0 Å². The first-order valence-electron chi connectivity index (χ1n) is 15.9. The van der Waals surface area contributed by atoms with Gasteiger partial charge >= 0.3 is 0 Å². The first-order valence-corrected chi connectivity index (χ1v) is 16.7. The van der Waals surface area contributed by atoms with Crippen LogP contribution in [0, 0.1) is 12.8 Å². The number of nitrogens with one attached hydrogen (secondary N) is 3. The zero-order valence-electron chi connectivity index (χ0n) is 27.7. The number of oxazole rings is 1. The highest BCUT2D eigenvalue weighted by atomic mass is 32.1. The summed E-state index contributed by atoms with van der Waals surface area (Å²) in [4.78, 5) is 65.7. The minimum Gasteiger partial charge on any atom is -0.443 e. The molecule has 254 valence electrons. The number of hydrogen-bond acceptors (Lipinski definition) is 10. The molecule has 4 rings (SSSR count). The Kier molecular flexibility index (Phi) is 13.0. The van der Waals surface area contributed by atoms with Crippen LogP contribution in [0.25, 0.3) is 0 Å². The third-order valence-electron chi connectivity index (χ3n) is 7.85. The SMILES string of the molecule is COCCN(C)CC(=O)N1CCCC(=O)N[C@@H](Cc2ccccc2)c2nc(c(C)o2)C(=O)N[C@@H](C(C)C)c2nc(cs2)C(=O)NCC1.